The van der Waals surface area contributed by atoms with Gasteiger partial charge in [0.25, 0.3) is 0 Å². The molecule has 0 aliphatic carbocycles. The molecular formula is C26H23N5OS. The predicted octanol–water partition coefficient (Wildman–Crippen LogP) is 4.95. The van der Waals surface area contributed by atoms with Crippen LogP contribution >= 0.6 is 11.3 Å². The van der Waals surface area contributed by atoms with Gasteiger partial charge in [-0.3, -0.25) is 14.2 Å². The van der Waals surface area contributed by atoms with Crippen molar-refractivity contribution in [1.29, 1.82) is 0 Å². The summed E-state index contributed by atoms with van der Waals surface area (Å²) in [5.41, 5.74) is 6.72. The number of anilines is 1. The number of carbonyl (C=O) groups excluding carboxylic acids is 1. The summed E-state index contributed by atoms with van der Waals surface area (Å²) in [5.74, 6) is 0.159. The maximum absolute atomic E-state index is 11.6. The number of imidazole rings is 1. The van der Waals surface area contributed by atoms with E-state index in [2.05, 4.69) is 68.3 Å². The molecule has 1 amide bonds. The normalized spacial score (nSPS) is 14.3. The summed E-state index contributed by atoms with van der Waals surface area (Å²) < 4.78 is 3.33. The first-order valence-corrected chi connectivity index (χ1v) is 11.9. The lowest BCUT2D eigenvalue weighted by molar-refractivity contribution is -0.129. The molecular weight excluding hydrogens is 430 g/mol. The molecule has 164 valence electrons. The number of carbonyl (C=O) groups is 1. The molecule has 1 aromatic carbocycles. The molecule has 0 N–H and O–H groups in total. The van der Waals surface area contributed by atoms with Crippen LogP contribution in [0.1, 0.15) is 6.92 Å². The van der Waals surface area contributed by atoms with Gasteiger partial charge in [-0.15, -0.1) is 11.3 Å². The van der Waals surface area contributed by atoms with E-state index in [1.54, 1.807) is 18.3 Å². The van der Waals surface area contributed by atoms with Crippen molar-refractivity contribution < 1.29 is 4.79 Å². The van der Waals surface area contributed by atoms with Gasteiger partial charge in [-0.2, -0.15) is 0 Å². The quantitative estimate of drug-likeness (QED) is 0.388. The molecule has 0 bridgehead atoms. The summed E-state index contributed by atoms with van der Waals surface area (Å²) in [6, 6.07) is 15.0. The van der Waals surface area contributed by atoms with Gasteiger partial charge in [-0.25, -0.2) is 4.98 Å². The Morgan fingerprint density at radius 1 is 0.970 bits per heavy atom. The summed E-state index contributed by atoms with van der Waals surface area (Å²) in [7, 11) is 0. The number of pyridine rings is 2. The number of amides is 1. The molecule has 1 fully saturated rings. The number of aromatic nitrogens is 3. The molecule has 5 heterocycles. The molecule has 0 radical (unpaired) electrons. The zero-order valence-electron chi connectivity index (χ0n) is 18.3. The smallest absolute Gasteiger partial charge is 0.219 e. The van der Waals surface area contributed by atoms with Crippen molar-refractivity contribution in [2.24, 2.45) is 0 Å². The van der Waals surface area contributed by atoms with Crippen LogP contribution < -0.4 is 4.90 Å². The Morgan fingerprint density at radius 2 is 1.79 bits per heavy atom. The second-order valence-electron chi connectivity index (χ2n) is 8.35. The molecule has 4 aromatic heterocycles. The van der Waals surface area contributed by atoms with E-state index in [0.29, 0.717) is 0 Å². The van der Waals surface area contributed by atoms with Gasteiger partial charge in [0.2, 0.25) is 5.91 Å². The fourth-order valence-electron chi connectivity index (χ4n) is 4.58. The highest BCUT2D eigenvalue weighted by atomic mass is 32.1. The Morgan fingerprint density at radius 3 is 2.58 bits per heavy atom. The maximum Gasteiger partial charge on any atom is 0.219 e. The van der Waals surface area contributed by atoms with Crippen molar-refractivity contribution >= 4 is 38.7 Å². The minimum absolute atomic E-state index is 0.159. The molecule has 33 heavy (non-hydrogen) atoms. The van der Waals surface area contributed by atoms with Crippen LogP contribution in [-0.4, -0.2) is 51.4 Å². The first-order chi connectivity index (χ1) is 16.2. The summed E-state index contributed by atoms with van der Waals surface area (Å²) >= 11 is 1.71. The van der Waals surface area contributed by atoms with Gasteiger partial charge in [-0.05, 0) is 41.5 Å². The van der Waals surface area contributed by atoms with Crippen molar-refractivity contribution in [3.8, 4) is 22.4 Å². The molecule has 1 aliphatic heterocycles. The minimum atomic E-state index is 0.159. The monoisotopic (exact) mass is 453 g/mol. The van der Waals surface area contributed by atoms with Crippen molar-refractivity contribution in [3.63, 3.8) is 0 Å². The zero-order valence-corrected chi connectivity index (χ0v) is 19.1. The van der Waals surface area contributed by atoms with Gasteiger partial charge in [0.05, 0.1) is 16.6 Å². The van der Waals surface area contributed by atoms with Crippen LogP contribution in [0.2, 0.25) is 0 Å². The number of thiophene rings is 1. The van der Waals surface area contributed by atoms with Crippen molar-refractivity contribution in [2.75, 3.05) is 31.1 Å². The number of benzene rings is 1. The summed E-state index contributed by atoms with van der Waals surface area (Å²) in [6.07, 6.45) is 7.81. The van der Waals surface area contributed by atoms with Gasteiger partial charge >= 0.3 is 0 Å². The van der Waals surface area contributed by atoms with E-state index in [9.17, 15) is 4.79 Å². The number of piperazine rings is 1. The second kappa shape index (κ2) is 8.01. The number of rotatable bonds is 3. The highest BCUT2D eigenvalue weighted by Gasteiger charge is 2.19. The van der Waals surface area contributed by atoms with Crippen molar-refractivity contribution in [1.82, 2.24) is 19.3 Å². The lowest BCUT2D eigenvalue weighted by Gasteiger charge is -2.35. The van der Waals surface area contributed by atoms with E-state index in [-0.39, 0.29) is 5.91 Å². The lowest BCUT2D eigenvalue weighted by atomic mass is 10.1. The lowest BCUT2D eigenvalue weighted by Crippen LogP contribution is -2.48. The molecule has 0 atom stereocenters. The third-order valence-electron chi connectivity index (χ3n) is 6.46. The van der Waals surface area contributed by atoms with Crippen LogP contribution in [0, 0.1) is 0 Å². The average molecular weight is 454 g/mol. The van der Waals surface area contributed by atoms with Crippen molar-refractivity contribution in [3.05, 3.63) is 72.6 Å². The number of hydrogen-bond acceptors (Lipinski definition) is 5. The van der Waals surface area contributed by atoms with Gasteiger partial charge < -0.3 is 9.80 Å². The fraction of sp³-hybridized carbons (Fsp3) is 0.192. The molecule has 7 heteroatoms. The summed E-state index contributed by atoms with van der Waals surface area (Å²) in [6.45, 7) is 4.95. The van der Waals surface area contributed by atoms with Gasteiger partial charge in [0.15, 0.2) is 0 Å². The molecule has 0 spiro atoms. The molecule has 5 aromatic rings. The van der Waals surface area contributed by atoms with E-state index < -0.39 is 0 Å². The predicted molar refractivity (Wildman–Crippen MR) is 134 cm³/mol. The minimum Gasteiger partial charge on any atom is -0.368 e. The average Bonchev–Trinajstić information content (AvgIpc) is 3.47. The summed E-state index contributed by atoms with van der Waals surface area (Å²) in [5, 5.41) is 3.39. The largest absolute Gasteiger partial charge is 0.368 e. The van der Waals surface area contributed by atoms with Crippen molar-refractivity contribution in [2.45, 2.75) is 6.92 Å². The van der Waals surface area contributed by atoms with E-state index >= 15 is 0 Å². The van der Waals surface area contributed by atoms with Crippen LogP contribution in [0.4, 0.5) is 5.69 Å². The molecule has 0 unspecified atom stereocenters. The Labute approximate surface area is 195 Å². The number of nitrogens with zero attached hydrogens (tertiary/aromatic N) is 5. The Bertz CT molecular complexity index is 1460. The third kappa shape index (κ3) is 3.54. The van der Waals surface area contributed by atoms with Gasteiger partial charge in [0.1, 0.15) is 5.65 Å². The topological polar surface area (TPSA) is 53.7 Å². The van der Waals surface area contributed by atoms with Crippen LogP contribution in [0.5, 0.6) is 0 Å². The van der Waals surface area contributed by atoms with Gasteiger partial charge in [0, 0.05) is 73.7 Å². The first kappa shape index (κ1) is 19.9. The van der Waals surface area contributed by atoms with Crippen LogP contribution in [-0.2, 0) is 4.79 Å². The molecule has 1 saturated heterocycles. The fourth-order valence-corrected chi connectivity index (χ4v) is 5.50. The van der Waals surface area contributed by atoms with E-state index in [0.717, 1.165) is 43.1 Å². The zero-order chi connectivity index (χ0) is 22.4. The van der Waals surface area contributed by atoms with E-state index in [4.69, 9.17) is 4.98 Å². The van der Waals surface area contributed by atoms with Gasteiger partial charge in [-0.1, -0.05) is 12.1 Å². The van der Waals surface area contributed by atoms with E-state index in [1.165, 1.54) is 26.9 Å². The SMILES string of the molecule is CC(=O)N1CCN(c2ccc(-c3ccn4c(-c5csc6cnccc56)cnc4c3)cc2)CC1. The Kier molecular flexibility index (Phi) is 4.84. The highest BCUT2D eigenvalue weighted by Crippen LogP contribution is 2.34. The van der Waals surface area contributed by atoms with Crippen LogP contribution in [0.15, 0.2) is 72.6 Å². The van der Waals surface area contributed by atoms with Crippen LogP contribution in [0.25, 0.3) is 38.1 Å². The molecule has 6 rings (SSSR count). The molecule has 6 nitrogen and oxygen atoms in total. The Hall–Kier alpha value is -3.71. The number of hydrogen-bond donors (Lipinski definition) is 0. The Balaban J connectivity index is 1.26. The molecule has 0 saturated carbocycles. The molecule has 1 aliphatic rings. The number of fused-ring (bicyclic) bond motifs is 2. The van der Waals surface area contributed by atoms with E-state index in [1.807, 2.05) is 23.5 Å². The highest BCUT2D eigenvalue weighted by molar-refractivity contribution is 7.17. The maximum atomic E-state index is 11.6. The summed E-state index contributed by atoms with van der Waals surface area (Å²) in [4.78, 5) is 24.7. The third-order valence-corrected chi connectivity index (χ3v) is 7.39. The first-order valence-electron chi connectivity index (χ1n) is 11.1. The second-order valence-corrected chi connectivity index (χ2v) is 9.26. The van der Waals surface area contributed by atoms with Crippen LogP contribution in [0.3, 0.4) is 0 Å². The standard InChI is InChI=1S/C26H23N5OS/c1-18(32)29-10-12-30(13-11-29)21-4-2-19(3-5-21)20-7-9-31-24(15-28-26(31)14-20)23-17-33-25-16-27-8-6-22(23)25/h2-9,14-17H,10-13H2,1H3.